The zero-order chi connectivity index (χ0) is 25.4. The minimum atomic E-state index is -0.828. The molecule has 0 aliphatic rings. The van der Waals surface area contributed by atoms with Gasteiger partial charge in [0.2, 0.25) is 0 Å². The van der Waals surface area contributed by atoms with Crippen molar-refractivity contribution in [3.63, 3.8) is 0 Å². The highest BCUT2D eigenvalue weighted by atomic mass is 19.1. The summed E-state index contributed by atoms with van der Waals surface area (Å²) < 4.78 is 26.6. The molecule has 0 fully saturated rings. The van der Waals surface area contributed by atoms with Crippen LogP contribution >= 0.6 is 0 Å². The lowest BCUT2D eigenvalue weighted by Crippen LogP contribution is -2.19. The molecule has 6 nitrogen and oxygen atoms in total. The Labute approximate surface area is 205 Å². The molecule has 0 radical (unpaired) electrons. The van der Waals surface area contributed by atoms with Crippen LogP contribution in [0.5, 0.6) is 11.5 Å². The highest BCUT2D eigenvalue weighted by molar-refractivity contribution is 5.67. The van der Waals surface area contributed by atoms with Gasteiger partial charge in [0, 0.05) is 36.8 Å². The van der Waals surface area contributed by atoms with Gasteiger partial charge < -0.3 is 24.3 Å². The van der Waals surface area contributed by atoms with Gasteiger partial charge in [-0.3, -0.25) is 4.79 Å². The molecule has 188 valence electrons. The topological polar surface area (TPSA) is 80.9 Å². The predicted molar refractivity (Wildman–Crippen MR) is 132 cm³/mol. The minimum absolute atomic E-state index is 0.0760. The van der Waals surface area contributed by atoms with Crippen LogP contribution in [0, 0.1) is 18.7 Å². The van der Waals surface area contributed by atoms with E-state index in [0.29, 0.717) is 42.9 Å². The Morgan fingerprint density at radius 3 is 2.40 bits per heavy atom. The average Bonchev–Trinajstić information content (AvgIpc) is 3.29. The number of nitrogens with zero attached hydrogens (tertiary/aromatic N) is 1. The zero-order valence-corrected chi connectivity index (χ0v) is 20.5. The molecule has 7 heteroatoms. The molecule has 0 spiro atoms. The number of carboxylic acids is 1. The van der Waals surface area contributed by atoms with E-state index in [1.165, 1.54) is 6.07 Å². The molecule has 3 rings (SSSR count). The van der Waals surface area contributed by atoms with E-state index >= 15 is 0 Å². The molecule has 1 heterocycles. The second-order valence-corrected chi connectivity index (χ2v) is 8.89. The summed E-state index contributed by atoms with van der Waals surface area (Å²) >= 11 is 0. The average molecular weight is 484 g/mol. The van der Waals surface area contributed by atoms with Gasteiger partial charge >= 0.3 is 5.97 Å². The number of carboxylic acid groups (broad SMARTS) is 1. The van der Waals surface area contributed by atoms with Crippen molar-refractivity contribution in [3.8, 4) is 11.5 Å². The fraction of sp³-hybridized carbons (Fsp3) is 0.393. The largest absolute Gasteiger partial charge is 0.496 e. The number of aliphatic carboxylic acids is 1. The number of aryl methyl sites for hydroxylation is 2. The van der Waals surface area contributed by atoms with Crippen LogP contribution in [0.25, 0.3) is 0 Å². The van der Waals surface area contributed by atoms with Gasteiger partial charge in [0.05, 0.1) is 20.3 Å². The normalized spacial score (nSPS) is 12.8. The van der Waals surface area contributed by atoms with E-state index in [9.17, 15) is 14.3 Å². The van der Waals surface area contributed by atoms with E-state index in [4.69, 9.17) is 14.6 Å². The van der Waals surface area contributed by atoms with Crippen LogP contribution in [0.2, 0.25) is 0 Å². The van der Waals surface area contributed by atoms with Gasteiger partial charge in [0.15, 0.2) is 0 Å². The van der Waals surface area contributed by atoms with Crippen molar-refractivity contribution in [1.29, 1.82) is 0 Å². The van der Waals surface area contributed by atoms with E-state index in [1.807, 2.05) is 48.1 Å². The molecule has 1 aromatic heterocycles. The van der Waals surface area contributed by atoms with Crippen molar-refractivity contribution in [1.82, 2.24) is 4.57 Å². The van der Waals surface area contributed by atoms with Gasteiger partial charge in [0.25, 0.3) is 0 Å². The van der Waals surface area contributed by atoms with Crippen LogP contribution in [0.3, 0.4) is 0 Å². The molecular formula is C28H34FNO5. The molecule has 2 aromatic carbocycles. The minimum Gasteiger partial charge on any atom is -0.496 e. The standard InChI is InChI=1S/C28H34FNO5/c1-19-25(34-2)15-23(16-26(19)35-3)28(33)22(8-4-6-20-7-5-9-24(29)14-20)18-30-13-12-21(17-30)10-11-27(31)32/h5,7,9,12-17,22,28,33H,4,6,8,10-11,18H2,1-3H3,(H,31,32)/t22-,28?/m1/s1. The Morgan fingerprint density at radius 2 is 1.77 bits per heavy atom. The molecular weight excluding hydrogens is 449 g/mol. The Balaban J connectivity index is 1.80. The number of hydrogen-bond acceptors (Lipinski definition) is 4. The Morgan fingerprint density at radius 1 is 1.06 bits per heavy atom. The smallest absolute Gasteiger partial charge is 0.303 e. The zero-order valence-electron chi connectivity index (χ0n) is 20.5. The number of rotatable bonds is 13. The van der Waals surface area contributed by atoms with Crippen molar-refractivity contribution < 1.29 is 28.9 Å². The SMILES string of the molecule is COc1cc(C(O)[C@H](CCCc2cccc(F)c2)Cn2ccc(CCC(=O)O)c2)cc(OC)c1C. The molecule has 0 aliphatic heterocycles. The molecule has 2 N–H and O–H groups in total. The van der Waals surface area contributed by atoms with Crippen molar-refractivity contribution in [2.45, 2.75) is 51.7 Å². The van der Waals surface area contributed by atoms with Crippen LogP contribution < -0.4 is 9.47 Å². The Kier molecular flexibility index (Phi) is 9.32. The van der Waals surface area contributed by atoms with E-state index in [0.717, 1.165) is 23.1 Å². The van der Waals surface area contributed by atoms with Gasteiger partial charge in [-0.2, -0.15) is 0 Å². The predicted octanol–water partition coefficient (Wildman–Crippen LogP) is 5.34. The second-order valence-electron chi connectivity index (χ2n) is 8.89. The van der Waals surface area contributed by atoms with Crippen LogP contribution in [0.15, 0.2) is 54.9 Å². The van der Waals surface area contributed by atoms with Gasteiger partial charge in [-0.15, -0.1) is 0 Å². The number of aliphatic hydroxyl groups is 1. The number of methoxy groups -OCH3 is 2. The number of hydrogen-bond donors (Lipinski definition) is 2. The van der Waals surface area contributed by atoms with Gasteiger partial charge in [0.1, 0.15) is 17.3 Å². The number of aromatic nitrogens is 1. The number of halogens is 1. The molecule has 3 aromatic rings. The molecule has 2 atom stereocenters. The second kappa shape index (κ2) is 12.4. The first-order chi connectivity index (χ1) is 16.8. The molecule has 0 saturated heterocycles. The number of aliphatic hydroxyl groups excluding tert-OH is 1. The van der Waals surface area contributed by atoms with Crippen LogP contribution in [-0.2, 0) is 24.2 Å². The molecule has 35 heavy (non-hydrogen) atoms. The quantitative estimate of drug-likeness (QED) is 0.343. The third kappa shape index (κ3) is 7.33. The lowest BCUT2D eigenvalue weighted by atomic mass is 9.89. The first kappa shape index (κ1) is 26.3. The number of benzene rings is 2. The third-order valence-corrected chi connectivity index (χ3v) is 6.38. The Bertz CT molecular complexity index is 1100. The number of ether oxygens (including phenoxy) is 2. The van der Waals surface area contributed by atoms with Gasteiger partial charge in [-0.05, 0) is 79.6 Å². The van der Waals surface area contributed by atoms with Crippen LogP contribution in [0.4, 0.5) is 4.39 Å². The summed E-state index contributed by atoms with van der Waals surface area (Å²) in [4.78, 5) is 10.9. The van der Waals surface area contributed by atoms with Crippen LogP contribution in [-0.4, -0.2) is 35.0 Å². The lowest BCUT2D eigenvalue weighted by Gasteiger charge is -2.25. The number of carbonyl (C=O) groups is 1. The molecule has 0 aliphatic carbocycles. The van der Waals surface area contributed by atoms with Crippen molar-refractivity contribution in [2.24, 2.45) is 5.92 Å². The van der Waals surface area contributed by atoms with Crippen molar-refractivity contribution >= 4 is 5.97 Å². The van der Waals surface area contributed by atoms with Crippen molar-refractivity contribution in [3.05, 3.63) is 82.9 Å². The molecule has 0 bridgehead atoms. The summed E-state index contributed by atoms with van der Waals surface area (Å²) in [5.74, 6) is 0.0767. The lowest BCUT2D eigenvalue weighted by molar-refractivity contribution is -0.136. The van der Waals surface area contributed by atoms with Crippen LogP contribution in [0.1, 0.15) is 47.6 Å². The summed E-state index contributed by atoms with van der Waals surface area (Å²) in [5, 5.41) is 20.4. The van der Waals surface area contributed by atoms with E-state index in [2.05, 4.69) is 0 Å². The maximum Gasteiger partial charge on any atom is 0.303 e. The molecule has 0 amide bonds. The maximum atomic E-state index is 13.6. The summed E-state index contributed by atoms with van der Waals surface area (Å²) in [6.07, 6.45) is 5.80. The first-order valence-corrected chi connectivity index (χ1v) is 11.8. The highest BCUT2D eigenvalue weighted by Crippen LogP contribution is 2.36. The summed E-state index contributed by atoms with van der Waals surface area (Å²) in [5.41, 5.74) is 3.44. The summed E-state index contributed by atoms with van der Waals surface area (Å²) in [6.45, 7) is 2.46. The maximum absolute atomic E-state index is 13.6. The van der Waals surface area contributed by atoms with E-state index in [-0.39, 0.29) is 18.2 Å². The Hall–Kier alpha value is -3.32. The van der Waals surface area contributed by atoms with E-state index < -0.39 is 12.1 Å². The van der Waals surface area contributed by atoms with Gasteiger partial charge in [-0.25, -0.2) is 4.39 Å². The fourth-order valence-electron chi connectivity index (χ4n) is 4.43. The van der Waals surface area contributed by atoms with Crippen molar-refractivity contribution in [2.75, 3.05) is 14.2 Å². The third-order valence-electron chi connectivity index (χ3n) is 6.38. The molecule has 0 saturated carbocycles. The summed E-state index contributed by atoms with van der Waals surface area (Å²) in [7, 11) is 3.18. The van der Waals surface area contributed by atoms with Gasteiger partial charge in [-0.1, -0.05) is 12.1 Å². The highest BCUT2D eigenvalue weighted by Gasteiger charge is 2.24. The summed E-state index contributed by atoms with van der Waals surface area (Å²) in [6, 6.07) is 12.2. The monoisotopic (exact) mass is 483 g/mol. The molecule has 1 unspecified atom stereocenters. The first-order valence-electron chi connectivity index (χ1n) is 11.8. The fourth-order valence-corrected chi connectivity index (χ4v) is 4.43. The van der Waals surface area contributed by atoms with E-state index in [1.54, 1.807) is 26.4 Å².